The van der Waals surface area contributed by atoms with E-state index >= 15 is 0 Å². The molecule has 0 bridgehead atoms. The van der Waals surface area contributed by atoms with E-state index in [9.17, 15) is 5.11 Å². The Labute approximate surface area is 112 Å². The number of hydrazine groups is 1. The number of benzene rings is 1. The van der Waals surface area contributed by atoms with Gasteiger partial charge in [-0.3, -0.25) is 10.9 Å². The summed E-state index contributed by atoms with van der Waals surface area (Å²) in [5.74, 6) is 0.146. The Morgan fingerprint density at radius 2 is 1.74 bits per heavy atom. The van der Waals surface area contributed by atoms with E-state index in [-0.39, 0.29) is 5.88 Å². The maximum absolute atomic E-state index is 9.69. The largest absolute Gasteiger partial charge is 0.494 e. The van der Waals surface area contributed by atoms with Crippen molar-refractivity contribution < 1.29 is 5.11 Å². The summed E-state index contributed by atoms with van der Waals surface area (Å²) in [6, 6.07) is 10.1. The van der Waals surface area contributed by atoms with Crippen LogP contribution in [-0.4, -0.2) is 36.2 Å². The second kappa shape index (κ2) is 5.24. The highest BCUT2D eigenvalue weighted by Gasteiger charge is 2.20. The third-order valence-corrected chi connectivity index (χ3v) is 3.37. The number of nitrogens with one attached hydrogen (secondary N) is 3. The molecule has 100 valence electrons. The molecular weight excluding hydrogens is 240 g/mol. The molecule has 4 N–H and O–H groups in total. The second-order valence-corrected chi connectivity index (χ2v) is 4.64. The van der Waals surface area contributed by atoms with Crippen molar-refractivity contribution in [1.29, 1.82) is 0 Å². The van der Waals surface area contributed by atoms with Gasteiger partial charge in [0.05, 0.1) is 11.4 Å². The van der Waals surface area contributed by atoms with E-state index in [0.29, 0.717) is 0 Å². The van der Waals surface area contributed by atoms with Gasteiger partial charge in [0.1, 0.15) is 0 Å². The van der Waals surface area contributed by atoms with Crippen LogP contribution in [0.5, 0.6) is 0 Å². The number of hydrogen-bond acceptors (Lipinski definition) is 5. The number of rotatable bonds is 2. The molecular formula is C14H18N4O. The fourth-order valence-electron chi connectivity index (χ4n) is 2.41. The minimum atomic E-state index is 0.146. The van der Waals surface area contributed by atoms with Gasteiger partial charge in [-0.05, 0) is 0 Å². The minimum absolute atomic E-state index is 0.146. The molecule has 19 heavy (non-hydrogen) atoms. The molecule has 0 aromatic heterocycles. The summed E-state index contributed by atoms with van der Waals surface area (Å²) in [7, 11) is 0. The smallest absolute Gasteiger partial charge is 0.205 e. The highest BCUT2D eigenvalue weighted by molar-refractivity contribution is 5.69. The summed E-state index contributed by atoms with van der Waals surface area (Å²) >= 11 is 0. The van der Waals surface area contributed by atoms with Crippen LogP contribution in [0.25, 0.3) is 5.70 Å². The molecule has 2 aliphatic rings. The van der Waals surface area contributed by atoms with Crippen LogP contribution in [0.1, 0.15) is 5.56 Å². The quantitative estimate of drug-likeness (QED) is 0.631. The maximum Gasteiger partial charge on any atom is 0.205 e. The second-order valence-electron chi connectivity index (χ2n) is 4.64. The van der Waals surface area contributed by atoms with Crippen molar-refractivity contribution in [3.8, 4) is 0 Å². The van der Waals surface area contributed by atoms with Crippen LogP contribution < -0.4 is 16.2 Å². The maximum atomic E-state index is 9.69. The fraction of sp³-hybridized carbons (Fsp3) is 0.286. The Hall–Kier alpha value is -2.14. The van der Waals surface area contributed by atoms with E-state index < -0.39 is 0 Å². The Morgan fingerprint density at radius 1 is 1.00 bits per heavy atom. The number of aliphatic hydroxyl groups is 1. The molecule has 1 aromatic carbocycles. The van der Waals surface area contributed by atoms with Crippen LogP contribution >= 0.6 is 0 Å². The third kappa shape index (κ3) is 2.51. The zero-order chi connectivity index (χ0) is 13.1. The minimum Gasteiger partial charge on any atom is -0.494 e. The zero-order valence-electron chi connectivity index (χ0n) is 10.7. The molecule has 0 unspecified atom stereocenters. The SMILES string of the molecule is OC1=CC(N2CCNCC2)=C(c2ccccc2)NN1. The lowest BCUT2D eigenvalue weighted by atomic mass is 10.1. The van der Waals surface area contributed by atoms with Crippen molar-refractivity contribution >= 4 is 5.70 Å². The Bertz CT molecular complexity index is 503. The van der Waals surface area contributed by atoms with Crippen molar-refractivity contribution in [2.45, 2.75) is 0 Å². The molecule has 2 heterocycles. The average molecular weight is 258 g/mol. The Balaban J connectivity index is 1.99. The molecule has 0 atom stereocenters. The van der Waals surface area contributed by atoms with Crippen molar-refractivity contribution in [3.05, 3.63) is 53.6 Å². The van der Waals surface area contributed by atoms with Gasteiger partial charge in [0.25, 0.3) is 0 Å². The molecule has 5 heteroatoms. The van der Waals surface area contributed by atoms with Gasteiger partial charge in [0.15, 0.2) is 0 Å². The van der Waals surface area contributed by atoms with Crippen LogP contribution in [0.15, 0.2) is 48.0 Å². The van der Waals surface area contributed by atoms with Gasteiger partial charge in [0.2, 0.25) is 5.88 Å². The molecule has 5 nitrogen and oxygen atoms in total. The van der Waals surface area contributed by atoms with Crippen LogP contribution in [0.3, 0.4) is 0 Å². The summed E-state index contributed by atoms with van der Waals surface area (Å²) in [4.78, 5) is 2.28. The Morgan fingerprint density at radius 3 is 2.47 bits per heavy atom. The highest BCUT2D eigenvalue weighted by atomic mass is 16.3. The molecule has 0 radical (unpaired) electrons. The number of allylic oxidation sites excluding steroid dienone is 1. The zero-order valence-corrected chi connectivity index (χ0v) is 10.7. The van der Waals surface area contributed by atoms with Crippen LogP contribution in [0, 0.1) is 0 Å². The van der Waals surface area contributed by atoms with Gasteiger partial charge in [-0.25, -0.2) is 0 Å². The summed E-state index contributed by atoms with van der Waals surface area (Å²) in [5.41, 5.74) is 8.98. The average Bonchev–Trinajstić information content (AvgIpc) is 2.49. The predicted octanol–water partition coefficient (Wildman–Crippen LogP) is 0.768. The summed E-state index contributed by atoms with van der Waals surface area (Å²) in [6.45, 7) is 3.81. The van der Waals surface area contributed by atoms with Gasteiger partial charge in [-0.15, -0.1) is 0 Å². The molecule has 2 aliphatic heterocycles. The monoisotopic (exact) mass is 258 g/mol. The van der Waals surface area contributed by atoms with E-state index in [0.717, 1.165) is 43.1 Å². The van der Waals surface area contributed by atoms with Gasteiger partial charge >= 0.3 is 0 Å². The first-order chi connectivity index (χ1) is 9.34. The molecule has 0 amide bonds. The van der Waals surface area contributed by atoms with Crippen LogP contribution in [0.2, 0.25) is 0 Å². The first-order valence-corrected chi connectivity index (χ1v) is 6.52. The molecule has 0 saturated carbocycles. The lowest BCUT2D eigenvalue weighted by Gasteiger charge is -2.34. The standard InChI is InChI=1S/C14H18N4O/c19-13-10-12(18-8-6-15-7-9-18)14(17-16-13)11-4-2-1-3-5-11/h1-5,10,15-17,19H,6-9H2. The lowest BCUT2D eigenvalue weighted by molar-refractivity contribution is 0.293. The third-order valence-electron chi connectivity index (χ3n) is 3.37. The van der Waals surface area contributed by atoms with Crippen LogP contribution in [0.4, 0.5) is 0 Å². The van der Waals surface area contributed by atoms with Gasteiger partial charge in [0, 0.05) is 37.8 Å². The molecule has 1 saturated heterocycles. The normalized spacial score (nSPS) is 19.6. The molecule has 1 aromatic rings. The predicted molar refractivity (Wildman–Crippen MR) is 74.8 cm³/mol. The van der Waals surface area contributed by atoms with E-state index in [1.165, 1.54) is 0 Å². The lowest BCUT2D eigenvalue weighted by Crippen LogP contribution is -2.45. The van der Waals surface area contributed by atoms with Crippen molar-refractivity contribution in [2.75, 3.05) is 26.2 Å². The molecule has 1 fully saturated rings. The van der Waals surface area contributed by atoms with Crippen molar-refractivity contribution in [1.82, 2.24) is 21.1 Å². The topological polar surface area (TPSA) is 59.6 Å². The first kappa shape index (κ1) is 11.9. The highest BCUT2D eigenvalue weighted by Crippen LogP contribution is 2.22. The van der Waals surface area contributed by atoms with Crippen molar-refractivity contribution in [2.24, 2.45) is 0 Å². The van der Waals surface area contributed by atoms with Gasteiger partial charge in [-0.1, -0.05) is 30.3 Å². The van der Waals surface area contributed by atoms with Crippen molar-refractivity contribution in [3.63, 3.8) is 0 Å². The molecule has 0 spiro atoms. The number of aliphatic hydroxyl groups excluding tert-OH is 1. The van der Waals surface area contributed by atoms with E-state index in [4.69, 9.17) is 0 Å². The Kier molecular flexibility index (Phi) is 3.29. The van der Waals surface area contributed by atoms with Gasteiger partial charge in [-0.2, -0.15) is 0 Å². The fourth-order valence-corrected chi connectivity index (χ4v) is 2.41. The number of nitrogens with zero attached hydrogens (tertiary/aromatic N) is 1. The summed E-state index contributed by atoms with van der Waals surface area (Å²) in [6.07, 6.45) is 1.78. The first-order valence-electron chi connectivity index (χ1n) is 6.52. The van der Waals surface area contributed by atoms with Crippen LogP contribution in [-0.2, 0) is 0 Å². The number of piperazine rings is 1. The van der Waals surface area contributed by atoms with E-state index in [1.54, 1.807) is 6.08 Å². The van der Waals surface area contributed by atoms with Gasteiger partial charge < -0.3 is 15.3 Å². The van der Waals surface area contributed by atoms with E-state index in [2.05, 4.69) is 33.2 Å². The van der Waals surface area contributed by atoms with E-state index in [1.807, 2.05) is 18.2 Å². The summed E-state index contributed by atoms with van der Waals surface area (Å²) in [5, 5.41) is 13.0. The molecule has 3 rings (SSSR count). The number of hydrogen-bond donors (Lipinski definition) is 4. The summed E-state index contributed by atoms with van der Waals surface area (Å²) < 4.78 is 0. The molecule has 0 aliphatic carbocycles.